The Morgan fingerprint density at radius 3 is 2.53 bits per heavy atom. The summed E-state index contributed by atoms with van der Waals surface area (Å²) in [4.78, 5) is 10.6. The van der Waals surface area contributed by atoms with Crippen LogP contribution in [0.5, 0.6) is 0 Å². The van der Waals surface area contributed by atoms with Crippen LogP contribution in [0.3, 0.4) is 0 Å². The number of carbonyl (C=O) groups is 1. The lowest BCUT2D eigenvalue weighted by Crippen LogP contribution is -2.20. The molecule has 8 heteroatoms. The molecule has 0 saturated heterocycles. The number of sulfonamides is 1. The van der Waals surface area contributed by atoms with Crippen LogP contribution in [0.4, 0.5) is 0 Å². The molecular formula is C9H15N3O4S. The zero-order valence-electron chi connectivity index (χ0n) is 9.89. The summed E-state index contributed by atoms with van der Waals surface area (Å²) in [7, 11) is -2.24. The maximum absolute atomic E-state index is 11.7. The van der Waals surface area contributed by atoms with Crippen molar-refractivity contribution in [2.75, 3.05) is 7.05 Å². The van der Waals surface area contributed by atoms with Gasteiger partial charge in [-0.3, -0.25) is 9.48 Å². The first-order valence-electron chi connectivity index (χ1n) is 4.99. The summed E-state index contributed by atoms with van der Waals surface area (Å²) in [5, 5.41) is 12.6. The largest absolute Gasteiger partial charge is 0.481 e. The minimum absolute atomic E-state index is 0.0962. The topological polar surface area (TPSA) is 101 Å². The van der Waals surface area contributed by atoms with Crippen LogP contribution in [0.2, 0.25) is 0 Å². The Bertz CT molecular complexity index is 533. The number of carboxylic acids is 1. The summed E-state index contributed by atoms with van der Waals surface area (Å²) in [5.74, 6) is -0.949. The number of carboxylic acid groups (broad SMARTS) is 1. The lowest BCUT2D eigenvalue weighted by Gasteiger charge is -2.04. The molecule has 0 saturated carbocycles. The highest BCUT2D eigenvalue weighted by atomic mass is 32.2. The molecule has 1 rings (SSSR count). The molecule has 0 bridgehead atoms. The molecule has 0 amide bonds. The Morgan fingerprint density at radius 1 is 1.47 bits per heavy atom. The molecule has 7 nitrogen and oxygen atoms in total. The molecule has 0 aromatic carbocycles. The predicted octanol–water partition coefficient (Wildman–Crippen LogP) is -0.117. The number of hydrogen-bond acceptors (Lipinski definition) is 4. The van der Waals surface area contributed by atoms with Gasteiger partial charge in [-0.25, -0.2) is 13.1 Å². The van der Waals surface area contributed by atoms with Gasteiger partial charge in [0, 0.05) is 0 Å². The molecule has 17 heavy (non-hydrogen) atoms. The monoisotopic (exact) mass is 261 g/mol. The van der Waals surface area contributed by atoms with E-state index in [1.165, 1.54) is 11.7 Å². The molecule has 0 aliphatic heterocycles. The Hall–Kier alpha value is -1.41. The summed E-state index contributed by atoms with van der Waals surface area (Å²) in [6, 6.07) is 0. The standard InChI is InChI=1S/C9H15N3O4S/c1-6-9(17(15,16)10-3)7(2)12(11-6)5-4-8(13)14/h10H,4-5H2,1-3H3,(H,13,14). The second-order valence-electron chi connectivity index (χ2n) is 3.57. The van der Waals surface area contributed by atoms with Gasteiger partial charge in [-0.05, 0) is 20.9 Å². The lowest BCUT2D eigenvalue weighted by atomic mass is 10.4. The van der Waals surface area contributed by atoms with E-state index >= 15 is 0 Å². The minimum Gasteiger partial charge on any atom is -0.481 e. The zero-order valence-corrected chi connectivity index (χ0v) is 10.7. The molecule has 0 aliphatic carbocycles. The highest BCUT2D eigenvalue weighted by molar-refractivity contribution is 7.89. The van der Waals surface area contributed by atoms with E-state index in [1.807, 2.05) is 0 Å². The molecule has 0 spiro atoms. The molecule has 0 atom stereocenters. The molecule has 0 fully saturated rings. The van der Waals surface area contributed by atoms with Gasteiger partial charge in [-0.1, -0.05) is 0 Å². The SMILES string of the molecule is CNS(=O)(=O)c1c(C)nn(CCC(=O)O)c1C. The fourth-order valence-electron chi connectivity index (χ4n) is 1.59. The van der Waals surface area contributed by atoms with Crippen LogP contribution in [-0.2, 0) is 21.4 Å². The van der Waals surface area contributed by atoms with Crippen molar-refractivity contribution in [1.82, 2.24) is 14.5 Å². The zero-order chi connectivity index (χ0) is 13.2. The van der Waals surface area contributed by atoms with Gasteiger partial charge >= 0.3 is 5.97 Å². The van der Waals surface area contributed by atoms with E-state index in [4.69, 9.17) is 5.11 Å². The third-order valence-electron chi connectivity index (χ3n) is 2.39. The Balaban J connectivity index is 3.15. The van der Waals surface area contributed by atoms with Crippen LogP contribution in [0.15, 0.2) is 4.90 Å². The van der Waals surface area contributed by atoms with Crippen LogP contribution in [0, 0.1) is 13.8 Å². The van der Waals surface area contributed by atoms with Gasteiger partial charge in [-0.15, -0.1) is 0 Å². The maximum Gasteiger partial charge on any atom is 0.305 e. The molecule has 0 unspecified atom stereocenters. The van der Waals surface area contributed by atoms with Gasteiger partial charge in [-0.2, -0.15) is 5.10 Å². The summed E-state index contributed by atoms with van der Waals surface area (Å²) >= 11 is 0. The smallest absolute Gasteiger partial charge is 0.305 e. The fourth-order valence-corrected chi connectivity index (χ4v) is 2.72. The van der Waals surface area contributed by atoms with Gasteiger partial charge in [0.1, 0.15) is 4.90 Å². The van der Waals surface area contributed by atoms with E-state index < -0.39 is 16.0 Å². The van der Waals surface area contributed by atoms with Crippen molar-refractivity contribution in [1.29, 1.82) is 0 Å². The van der Waals surface area contributed by atoms with Crippen LogP contribution >= 0.6 is 0 Å². The van der Waals surface area contributed by atoms with Crippen LogP contribution in [-0.4, -0.2) is 36.3 Å². The number of aryl methyl sites for hydroxylation is 2. The van der Waals surface area contributed by atoms with Crippen molar-refractivity contribution in [3.8, 4) is 0 Å². The van der Waals surface area contributed by atoms with Crippen LogP contribution < -0.4 is 4.72 Å². The normalized spacial score (nSPS) is 11.7. The highest BCUT2D eigenvalue weighted by Crippen LogP contribution is 2.18. The van der Waals surface area contributed by atoms with E-state index in [1.54, 1.807) is 13.8 Å². The van der Waals surface area contributed by atoms with Crippen molar-refractivity contribution in [3.63, 3.8) is 0 Å². The Morgan fingerprint density at radius 2 is 2.06 bits per heavy atom. The van der Waals surface area contributed by atoms with Gasteiger partial charge in [0.15, 0.2) is 0 Å². The molecule has 2 N–H and O–H groups in total. The van der Waals surface area contributed by atoms with Crippen molar-refractivity contribution in [3.05, 3.63) is 11.4 Å². The Labute approximate surface area is 99.5 Å². The van der Waals surface area contributed by atoms with Gasteiger partial charge in [0.05, 0.1) is 24.4 Å². The highest BCUT2D eigenvalue weighted by Gasteiger charge is 2.23. The molecular weight excluding hydrogens is 246 g/mol. The molecule has 0 aliphatic rings. The molecule has 1 aromatic rings. The molecule has 0 radical (unpaired) electrons. The third kappa shape index (κ3) is 2.83. The fraction of sp³-hybridized carbons (Fsp3) is 0.556. The summed E-state index contributed by atoms with van der Waals surface area (Å²) in [5.41, 5.74) is 0.806. The van der Waals surface area contributed by atoms with Gasteiger partial charge in [0.2, 0.25) is 10.0 Å². The summed E-state index contributed by atoms with van der Waals surface area (Å²) in [6.07, 6.45) is -0.0962. The summed E-state index contributed by atoms with van der Waals surface area (Å²) < 4.78 is 27.0. The quantitative estimate of drug-likeness (QED) is 0.769. The Kier molecular flexibility index (Phi) is 3.89. The van der Waals surface area contributed by atoms with Crippen molar-refractivity contribution < 1.29 is 18.3 Å². The first-order valence-corrected chi connectivity index (χ1v) is 6.47. The van der Waals surface area contributed by atoms with Crippen molar-refractivity contribution in [2.24, 2.45) is 0 Å². The summed E-state index contributed by atoms with van der Waals surface area (Å²) in [6.45, 7) is 3.34. The third-order valence-corrected chi connectivity index (χ3v) is 4.06. The van der Waals surface area contributed by atoms with Gasteiger partial charge < -0.3 is 5.11 Å². The molecule has 96 valence electrons. The van der Waals surface area contributed by atoms with E-state index in [-0.39, 0.29) is 17.9 Å². The maximum atomic E-state index is 11.7. The number of nitrogens with zero attached hydrogens (tertiary/aromatic N) is 2. The molecule has 1 aromatic heterocycles. The van der Waals surface area contributed by atoms with E-state index in [2.05, 4.69) is 9.82 Å². The van der Waals surface area contributed by atoms with Gasteiger partial charge in [0.25, 0.3) is 0 Å². The lowest BCUT2D eigenvalue weighted by molar-refractivity contribution is -0.137. The van der Waals surface area contributed by atoms with Crippen molar-refractivity contribution in [2.45, 2.75) is 31.7 Å². The van der Waals surface area contributed by atoms with E-state index in [0.29, 0.717) is 11.4 Å². The number of rotatable bonds is 5. The second-order valence-corrected chi connectivity index (χ2v) is 5.40. The van der Waals surface area contributed by atoms with Crippen LogP contribution in [0.25, 0.3) is 0 Å². The van der Waals surface area contributed by atoms with Crippen LogP contribution in [0.1, 0.15) is 17.8 Å². The molecule has 1 heterocycles. The predicted molar refractivity (Wildman–Crippen MR) is 60.2 cm³/mol. The van der Waals surface area contributed by atoms with E-state index in [9.17, 15) is 13.2 Å². The van der Waals surface area contributed by atoms with Crippen molar-refractivity contribution >= 4 is 16.0 Å². The first-order chi connectivity index (χ1) is 7.79. The first kappa shape index (κ1) is 13.7. The van der Waals surface area contributed by atoms with E-state index in [0.717, 1.165) is 0 Å². The average molecular weight is 261 g/mol. The number of nitrogens with one attached hydrogen (secondary N) is 1. The minimum atomic E-state index is -3.56. The number of aromatic nitrogens is 2. The second kappa shape index (κ2) is 4.84. The average Bonchev–Trinajstić information content (AvgIpc) is 2.51. The number of hydrogen-bond donors (Lipinski definition) is 2. The number of aliphatic carboxylic acids is 1.